The Morgan fingerprint density at radius 2 is 1.82 bits per heavy atom. The molecule has 5 nitrogen and oxygen atoms in total. The SMILES string of the molecule is Cc1cc(C)c(NC(=O)C(C)Sc2nc3sc4c(c3c(=O)n2-c2ccccc2)CCC4)c(C)c1. The summed E-state index contributed by atoms with van der Waals surface area (Å²) >= 11 is 2.95. The lowest BCUT2D eigenvalue weighted by atomic mass is 10.1. The number of thioether (sulfide) groups is 1. The van der Waals surface area contributed by atoms with E-state index in [1.807, 2.05) is 51.1 Å². The Hall–Kier alpha value is -2.90. The fourth-order valence-electron chi connectivity index (χ4n) is 4.72. The standard InChI is InChI=1S/C27H27N3O2S2/c1-15-13-16(2)23(17(3)14-15)28-24(31)18(4)33-27-29-25-22(20-11-8-12-21(20)34-25)26(32)30(27)19-9-6-5-7-10-19/h5-7,9-10,13-14,18H,8,11-12H2,1-4H3,(H,28,31). The molecular formula is C27H27N3O2S2. The van der Waals surface area contributed by atoms with Crippen molar-refractivity contribution in [1.82, 2.24) is 9.55 Å². The maximum absolute atomic E-state index is 13.7. The quantitative estimate of drug-likeness (QED) is 0.277. The predicted molar refractivity (Wildman–Crippen MR) is 142 cm³/mol. The van der Waals surface area contributed by atoms with Crippen LogP contribution in [0, 0.1) is 20.8 Å². The third kappa shape index (κ3) is 4.07. The summed E-state index contributed by atoms with van der Waals surface area (Å²) in [4.78, 5) is 33.9. The van der Waals surface area contributed by atoms with E-state index in [4.69, 9.17) is 4.98 Å². The number of amides is 1. The second-order valence-electron chi connectivity index (χ2n) is 8.93. The molecule has 2 aromatic carbocycles. The highest BCUT2D eigenvalue weighted by Gasteiger charge is 2.26. The maximum atomic E-state index is 13.7. The van der Waals surface area contributed by atoms with Crippen LogP contribution in [0.25, 0.3) is 15.9 Å². The molecule has 1 unspecified atom stereocenters. The fraction of sp³-hybridized carbons (Fsp3) is 0.296. The molecule has 1 amide bonds. The van der Waals surface area contributed by atoms with Gasteiger partial charge in [-0.05, 0) is 75.8 Å². The van der Waals surface area contributed by atoms with Gasteiger partial charge in [0.05, 0.1) is 16.3 Å². The Labute approximate surface area is 207 Å². The third-order valence-electron chi connectivity index (χ3n) is 6.30. The van der Waals surface area contributed by atoms with E-state index in [2.05, 4.69) is 24.4 Å². The van der Waals surface area contributed by atoms with Crippen molar-refractivity contribution in [2.45, 2.75) is 57.4 Å². The molecule has 0 fully saturated rings. The number of nitrogens with zero attached hydrogens (tertiary/aromatic N) is 2. The number of anilines is 1. The first-order valence-electron chi connectivity index (χ1n) is 11.5. The topological polar surface area (TPSA) is 64.0 Å². The van der Waals surface area contributed by atoms with Crippen LogP contribution in [0.1, 0.15) is 40.5 Å². The number of aromatic nitrogens is 2. The summed E-state index contributed by atoms with van der Waals surface area (Å²) in [6.45, 7) is 7.92. The zero-order valence-corrected chi connectivity index (χ0v) is 21.4. The number of thiophene rings is 1. The van der Waals surface area contributed by atoms with Crippen LogP contribution >= 0.6 is 23.1 Å². The van der Waals surface area contributed by atoms with Crippen molar-refractivity contribution < 1.29 is 4.79 Å². The van der Waals surface area contributed by atoms with E-state index in [1.54, 1.807) is 15.9 Å². The van der Waals surface area contributed by atoms with Crippen molar-refractivity contribution >= 4 is 44.9 Å². The van der Waals surface area contributed by atoms with Crippen molar-refractivity contribution in [2.24, 2.45) is 0 Å². The number of aryl methyl sites for hydroxylation is 5. The highest BCUT2D eigenvalue weighted by atomic mass is 32.2. The molecule has 1 N–H and O–H groups in total. The van der Waals surface area contributed by atoms with Crippen molar-refractivity contribution in [1.29, 1.82) is 0 Å². The summed E-state index contributed by atoms with van der Waals surface area (Å²) in [6, 6.07) is 13.7. The Morgan fingerprint density at radius 1 is 1.12 bits per heavy atom. The lowest BCUT2D eigenvalue weighted by molar-refractivity contribution is -0.115. The molecular weight excluding hydrogens is 462 g/mol. The molecule has 174 valence electrons. The van der Waals surface area contributed by atoms with E-state index in [0.717, 1.165) is 57.5 Å². The Balaban J connectivity index is 1.53. The van der Waals surface area contributed by atoms with E-state index in [0.29, 0.717) is 5.16 Å². The van der Waals surface area contributed by atoms with Crippen LogP contribution in [0.5, 0.6) is 0 Å². The average molecular weight is 490 g/mol. The van der Waals surface area contributed by atoms with E-state index in [1.165, 1.54) is 22.2 Å². The van der Waals surface area contributed by atoms with Gasteiger partial charge in [-0.3, -0.25) is 14.2 Å². The summed E-state index contributed by atoms with van der Waals surface area (Å²) in [5.41, 5.74) is 5.98. The lowest BCUT2D eigenvalue weighted by Crippen LogP contribution is -2.26. The van der Waals surface area contributed by atoms with E-state index < -0.39 is 5.25 Å². The van der Waals surface area contributed by atoms with Crippen LogP contribution in [0.3, 0.4) is 0 Å². The van der Waals surface area contributed by atoms with Crippen LogP contribution in [0.2, 0.25) is 0 Å². The maximum Gasteiger partial charge on any atom is 0.267 e. The van der Waals surface area contributed by atoms with Crippen LogP contribution < -0.4 is 10.9 Å². The number of nitrogens with one attached hydrogen (secondary N) is 1. The highest BCUT2D eigenvalue weighted by Crippen LogP contribution is 2.36. The summed E-state index contributed by atoms with van der Waals surface area (Å²) in [5, 5.41) is 3.95. The van der Waals surface area contributed by atoms with Gasteiger partial charge in [-0.1, -0.05) is 47.7 Å². The number of benzene rings is 2. The van der Waals surface area contributed by atoms with Gasteiger partial charge >= 0.3 is 0 Å². The number of para-hydroxylation sites is 1. The minimum absolute atomic E-state index is 0.0454. The minimum atomic E-state index is -0.439. The number of carbonyl (C=O) groups excluding carboxylic acids is 1. The molecule has 0 saturated carbocycles. The third-order valence-corrected chi connectivity index (χ3v) is 8.54. The zero-order valence-electron chi connectivity index (χ0n) is 19.8. The van der Waals surface area contributed by atoms with Crippen molar-refractivity contribution in [3.05, 3.63) is 79.9 Å². The Morgan fingerprint density at radius 3 is 2.53 bits per heavy atom. The second-order valence-corrected chi connectivity index (χ2v) is 11.3. The number of hydrogen-bond acceptors (Lipinski definition) is 5. The molecule has 4 aromatic rings. The van der Waals surface area contributed by atoms with Gasteiger partial charge in [0.1, 0.15) is 4.83 Å². The van der Waals surface area contributed by atoms with E-state index in [-0.39, 0.29) is 11.5 Å². The lowest BCUT2D eigenvalue weighted by Gasteiger charge is -2.18. The van der Waals surface area contributed by atoms with E-state index >= 15 is 0 Å². The summed E-state index contributed by atoms with van der Waals surface area (Å²) < 4.78 is 1.67. The van der Waals surface area contributed by atoms with Crippen molar-refractivity contribution in [3.63, 3.8) is 0 Å². The summed E-state index contributed by atoms with van der Waals surface area (Å²) in [7, 11) is 0. The molecule has 0 saturated heterocycles. The van der Waals surface area contributed by atoms with Crippen molar-refractivity contribution in [2.75, 3.05) is 5.32 Å². The van der Waals surface area contributed by atoms with Crippen LogP contribution in [-0.2, 0) is 17.6 Å². The Bertz CT molecular complexity index is 1450. The summed E-state index contributed by atoms with van der Waals surface area (Å²) in [5.74, 6) is -0.109. The minimum Gasteiger partial charge on any atom is -0.325 e. The molecule has 2 heterocycles. The molecule has 0 spiro atoms. The van der Waals surface area contributed by atoms with Gasteiger partial charge in [0.25, 0.3) is 5.56 Å². The largest absolute Gasteiger partial charge is 0.325 e. The Kier molecular flexibility index (Phi) is 6.08. The number of rotatable bonds is 5. The first-order chi connectivity index (χ1) is 16.3. The first-order valence-corrected chi connectivity index (χ1v) is 13.2. The van der Waals surface area contributed by atoms with Crippen LogP contribution in [0.15, 0.2) is 52.4 Å². The van der Waals surface area contributed by atoms with Gasteiger partial charge < -0.3 is 5.32 Å². The molecule has 5 rings (SSSR count). The molecule has 1 atom stereocenters. The van der Waals surface area contributed by atoms with Gasteiger partial charge in [-0.2, -0.15) is 0 Å². The molecule has 7 heteroatoms. The zero-order chi connectivity index (χ0) is 24.0. The summed E-state index contributed by atoms with van der Waals surface area (Å²) in [6.07, 6.45) is 3.03. The fourth-order valence-corrected chi connectivity index (χ4v) is 6.95. The highest BCUT2D eigenvalue weighted by molar-refractivity contribution is 8.00. The van der Waals surface area contributed by atoms with Gasteiger partial charge in [0, 0.05) is 10.6 Å². The molecule has 2 aromatic heterocycles. The smallest absolute Gasteiger partial charge is 0.267 e. The predicted octanol–water partition coefficient (Wildman–Crippen LogP) is 5.98. The molecule has 0 radical (unpaired) electrons. The van der Waals surface area contributed by atoms with Gasteiger partial charge in [0.2, 0.25) is 5.91 Å². The molecule has 0 bridgehead atoms. The molecule has 1 aliphatic rings. The molecule has 0 aliphatic heterocycles. The second kappa shape index (κ2) is 9.04. The monoisotopic (exact) mass is 489 g/mol. The normalized spacial score (nSPS) is 13.8. The van der Waals surface area contributed by atoms with Gasteiger partial charge in [-0.25, -0.2) is 4.98 Å². The van der Waals surface area contributed by atoms with Crippen LogP contribution in [-0.4, -0.2) is 20.7 Å². The molecule has 1 aliphatic carbocycles. The van der Waals surface area contributed by atoms with Crippen molar-refractivity contribution in [3.8, 4) is 5.69 Å². The van der Waals surface area contributed by atoms with E-state index in [9.17, 15) is 9.59 Å². The average Bonchev–Trinajstić information content (AvgIpc) is 3.37. The number of hydrogen-bond donors (Lipinski definition) is 1. The molecule has 34 heavy (non-hydrogen) atoms. The number of fused-ring (bicyclic) bond motifs is 3. The van der Waals surface area contributed by atoms with Crippen LogP contribution in [0.4, 0.5) is 5.69 Å². The van der Waals surface area contributed by atoms with Gasteiger partial charge in [0.15, 0.2) is 5.16 Å². The number of carbonyl (C=O) groups is 1. The van der Waals surface area contributed by atoms with Gasteiger partial charge in [-0.15, -0.1) is 11.3 Å². The first kappa shape index (κ1) is 22.9.